The predicted molar refractivity (Wildman–Crippen MR) is 56.2 cm³/mol. The van der Waals surface area contributed by atoms with Gasteiger partial charge in [-0.3, -0.25) is 4.98 Å². The Morgan fingerprint density at radius 2 is 2.25 bits per heavy atom. The fourth-order valence-corrected chi connectivity index (χ4v) is 1.40. The van der Waals surface area contributed by atoms with Crippen LogP contribution in [-0.2, 0) is 0 Å². The summed E-state index contributed by atoms with van der Waals surface area (Å²) in [6.45, 7) is 0.743. The van der Waals surface area contributed by atoms with Crippen LogP contribution < -0.4 is 5.32 Å². The standard InChI is InChI=1S/C10H13N3O3/c14-6-10(1-2-10)5-12-8-4-11-3-7(13-8)9(15)16/h3-4,14H,1-2,5-6H2,(H,12,13)(H,15,16). The van der Waals surface area contributed by atoms with E-state index in [1.54, 1.807) is 0 Å². The summed E-state index contributed by atoms with van der Waals surface area (Å²) in [6.07, 6.45) is 4.65. The minimum absolute atomic E-state index is 0.0408. The topological polar surface area (TPSA) is 95.3 Å². The number of hydrogen-bond donors (Lipinski definition) is 3. The molecule has 0 atom stereocenters. The molecule has 0 radical (unpaired) electrons. The van der Waals surface area contributed by atoms with Gasteiger partial charge in [-0.25, -0.2) is 9.78 Å². The van der Waals surface area contributed by atoms with Gasteiger partial charge in [0.1, 0.15) is 5.82 Å². The third-order valence-corrected chi connectivity index (χ3v) is 2.79. The average molecular weight is 223 g/mol. The third-order valence-electron chi connectivity index (χ3n) is 2.79. The number of carboxylic acid groups (broad SMARTS) is 1. The van der Waals surface area contributed by atoms with Crippen molar-refractivity contribution in [2.45, 2.75) is 12.8 Å². The number of aromatic carboxylic acids is 1. The molecule has 3 N–H and O–H groups in total. The van der Waals surface area contributed by atoms with Gasteiger partial charge in [-0.05, 0) is 12.8 Å². The molecule has 1 saturated carbocycles. The number of rotatable bonds is 5. The first kappa shape index (κ1) is 10.8. The van der Waals surface area contributed by atoms with E-state index in [1.807, 2.05) is 0 Å². The number of aliphatic hydroxyl groups excluding tert-OH is 1. The second-order valence-electron chi connectivity index (χ2n) is 4.11. The lowest BCUT2D eigenvalue weighted by Gasteiger charge is -2.12. The Morgan fingerprint density at radius 1 is 1.50 bits per heavy atom. The molecule has 1 aromatic rings. The van der Waals surface area contributed by atoms with Crippen molar-refractivity contribution in [2.24, 2.45) is 5.41 Å². The Morgan fingerprint density at radius 3 is 2.81 bits per heavy atom. The van der Waals surface area contributed by atoms with Gasteiger partial charge >= 0.3 is 5.97 Å². The molecule has 1 aromatic heterocycles. The summed E-state index contributed by atoms with van der Waals surface area (Å²) in [5.74, 6) is -0.668. The summed E-state index contributed by atoms with van der Waals surface area (Å²) in [6, 6.07) is 0. The molecule has 0 saturated heterocycles. The molecule has 6 heteroatoms. The van der Waals surface area contributed by atoms with Crippen molar-refractivity contribution in [3.05, 3.63) is 18.1 Å². The number of aliphatic hydroxyl groups is 1. The highest BCUT2D eigenvalue weighted by Gasteiger charge is 2.41. The summed E-state index contributed by atoms with van der Waals surface area (Å²) in [5.41, 5.74) is -0.125. The summed E-state index contributed by atoms with van der Waals surface area (Å²) < 4.78 is 0. The molecule has 16 heavy (non-hydrogen) atoms. The lowest BCUT2D eigenvalue weighted by Crippen LogP contribution is -2.20. The molecule has 1 aliphatic carbocycles. The zero-order valence-corrected chi connectivity index (χ0v) is 8.68. The van der Waals surface area contributed by atoms with E-state index >= 15 is 0 Å². The van der Waals surface area contributed by atoms with Gasteiger partial charge < -0.3 is 15.5 Å². The third kappa shape index (κ3) is 2.27. The molecule has 1 aliphatic rings. The van der Waals surface area contributed by atoms with Gasteiger partial charge in [0.05, 0.1) is 19.0 Å². The number of nitrogens with one attached hydrogen (secondary N) is 1. The van der Waals surface area contributed by atoms with Gasteiger partial charge in [0, 0.05) is 12.0 Å². The number of aromatic nitrogens is 2. The predicted octanol–water partition coefficient (Wildman–Crippen LogP) is 0.359. The van der Waals surface area contributed by atoms with Crippen LogP contribution in [0.4, 0.5) is 5.82 Å². The lowest BCUT2D eigenvalue weighted by atomic mass is 10.1. The molecule has 0 amide bonds. The second-order valence-corrected chi connectivity index (χ2v) is 4.11. The van der Waals surface area contributed by atoms with Gasteiger partial charge in [0.2, 0.25) is 0 Å². The van der Waals surface area contributed by atoms with Crippen LogP contribution in [0, 0.1) is 5.41 Å². The first-order valence-corrected chi connectivity index (χ1v) is 5.05. The van der Waals surface area contributed by atoms with Crippen molar-refractivity contribution in [1.29, 1.82) is 0 Å². The highest BCUT2D eigenvalue weighted by Crippen LogP contribution is 2.44. The second kappa shape index (κ2) is 4.05. The van der Waals surface area contributed by atoms with Crippen LogP contribution in [0.3, 0.4) is 0 Å². The Kier molecular flexibility index (Phi) is 2.74. The molecule has 0 aromatic carbocycles. The van der Waals surface area contributed by atoms with E-state index in [2.05, 4.69) is 15.3 Å². The van der Waals surface area contributed by atoms with Crippen molar-refractivity contribution in [2.75, 3.05) is 18.5 Å². The van der Waals surface area contributed by atoms with E-state index in [4.69, 9.17) is 10.2 Å². The summed E-state index contributed by atoms with van der Waals surface area (Å²) in [4.78, 5) is 18.3. The van der Waals surface area contributed by atoms with Gasteiger partial charge in [0.15, 0.2) is 5.69 Å². The molecular formula is C10H13N3O3. The fourth-order valence-electron chi connectivity index (χ4n) is 1.40. The fraction of sp³-hybridized carbons (Fsp3) is 0.500. The molecule has 0 aliphatic heterocycles. The number of carboxylic acids is 1. The van der Waals surface area contributed by atoms with Crippen molar-refractivity contribution in [1.82, 2.24) is 9.97 Å². The Labute approximate surface area is 92.4 Å². The molecule has 86 valence electrons. The van der Waals surface area contributed by atoms with Crippen LogP contribution in [0.2, 0.25) is 0 Å². The van der Waals surface area contributed by atoms with Crippen LogP contribution in [-0.4, -0.2) is 39.3 Å². The van der Waals surface area contributed by atoms with Crippen LogP contribution >= 0.6 is 0 Å². The monoisotopic (exact) mass is 223 g/mol. The summed E-state index contributed by atoms with van der Waals surface area (Å²) >= 11 is 0. The van der Waals surface area contributed by atoms with Gasteiger partial charge in [-0.15, -0.1) is 0 Å². The molecule has 1 heterocycles. The van der Waals surface area contributed by atoms with E-state index < -0.39 is 5.97 Å². The number of nitrogens with zero attached hydrogens (tertiary/aromatic N) is 2. The van der Waals surface area contributed by atoms with Crippen LogP contribution in [0.1, 0.15) is 23.3 Å². The summed E-state index contributed by atoms with van der Waals surface area (Å²) in [5, 5.41) is 20.8. The quantitative estimate of drug-likeness (QED) is 0.667. The number of anilines is 1. The van der Waals surface area contributed by atoms with Crippen molar-refractivity contribution in [3.8, 4) is 0 Å². The average Bonchev–Trinajstić information content (AvgIpc) is 3.07. The molecule has 2 rings (SSSR count). The van der Waals surface area contributed by atoms with Crippen molar-refractivity contribution < 1.29 is 15.0 Å². The van der Waals surface area contributed by atoms with Gasteiger partial charge in [-0.2, -0.15) is 0 Å². The SMILES string of the molecule is O=C(O)c1cncc(NCC2(CO)CC2)n1. The van der Waals surface area contributed by atoms with Crippen LogP contribution in [0.5, 0.6) is 0 Å². The lowest BCUT2D eigenvalue weighted by molar-refractivity contribution is 0.0690. The largest absolute Gasteiger partial charge is 0.476 e. The molecule has 0 spiro atoms. The normalized spacial score (nSPS) is 16.8. The zero-order chi connectivity index (χ0) is 11.6. The highest BCUT2D eigenvalue weighted by atomic mass is 16.4. The number of hydrogen-bond acceptors (Lipinski definition) is 5. The van der Waals surface area contributed by atoms with Crippen LogP contribution in [0.15, 0.2) is 12.4 Å². The highest BCUT2D eigenvalue weighted by molar-refractivity contribution is 5.85. The molecular weight excluding hydrogens is 210 g/mol. The van der Waals surface area contributed by atoms with E-state index in [1.165, 1.54) is 12.4 Å². The van der Waals surface area contributed by atoms with Crippen LogP contribution in [0.25, 0.3) is 0 Å². The Hall–Kier alpha value is -1.69. The van der Waals surface area contributed by atoms with E-state index in [0.29, 0.717) is 12.4 Å². The smallest absolute Gasteiger partial charge is 0.356 e. The van der Waals surface area contributed by atoms with Crippen molar-refractivity contribution in [3.63, 3.8) is 0 Å². The Bertz CT molecular complexity index is 404. The maximum Gasteiger partial charge on any atom is 0.356 e. The minimum atomic E-state index is -1.10. The van der Waals surface area contributed by atoms with Gasteiger partial charge in [-0.1, -0.05) is 0 Å². The first-order chi connectivity index (χ1) is 7.65. The van der Waals surface area contributed by atoms with E-state index in [9.17, 15) is 4.79 Å². The first-order valence-electron chi connectivity index (χ1n) is 5.05. The molecule has 1 fully saturated rings. The van der Waals surface area contributed by atoms with Crippen molar-refractivity contribution >= 4 is 11.8 Å². The molecule has 0 unspecified atom stereocenters. The van der Waals surface area contributed by atoms with E-state index in [-0.39, 0.29) is 17.7 Å². The summed E-state index contributed by atoms with van der Waals surface area (Å²) in [7, 11) is 0. The molecule has 0 bridgehead atoms. The van der Waals surface area contributed by atoms with Gasteiger partial charge in [0.25, 0.3) is 0 Å². The molecule has 6 nitrogen and oxygen atoms in total. The maximum atomic E-state index is 10.7. The number of carbonyl (C=O) groups is 1. The Balaban J connectivity index is 1.99. The zero-order valence-electron chi connectivity index (χ0n) is 8.68. The maximum absolute atomic E-state index is 10.7. The van der Waals surface area contributed by atoms with E-state index in [0.717, 1.165) is 12.8 Å². The minimum Gasteiger partial charge on any atom is -0.476 e.